The van der Waals surface area contributed by atoms with E-state index in [0.717, 1.165) is 11.3 Å². The van der Waals surface area contributed by atoms with Crippen LogP contribution in [0.4, 0.5) is 5.82 Å². The zero-order valence-electron chi connectivity index (χ0n) is 11.6. The highest BCUT2D eigenvalue weighted by Crippen LogP contribution is 2.21. The van der Waals surface area contributed by atoms with Gasteiger partial charge in [-0.05, 0) is 27.0 Å². The van der Waals surface area contributed by atoms with E-state index in [2.05, 4.69) is 25.5 Å². The smallest absolute Gasteiger partial charge is 0.309 e. The lowest BCUT2D eigenvalue weighted by Crippen LogP contribution is -2.22. The minimum atomic E-state index is -0.463. The van der Waals surface area contributed by atoms with E-state index >= 15 is 0 Å². The number of nitrogens with one attached hydrogen (secondary N) is 3. The second-order valence-corrected chi connectivity index (χ2v) is 5.12. The number of rotatable bonds is 3. The van der Waals surface area contributed by atoms with Crippen LogP contribution in [0.5, 0.6) is 0 Å². The van der Waals surface area contributed by atoms with Crippen molar-refractivity contribution in [2.45, 2.75) is 25.8 Å². The third kappa shape index (κ3) is 2.60. The molecule has 8 heteroatoms. The minimum Gasteiger partial charge on any atom is -0.309 e. The Balaban J connectivity index is 2.39. The third-order valence-corrected chi connectivity index (χ3v) is 3.67. The molecule has 0 unspecified atom stereocenters. The molecule has 2 aromatic heterocycles. The van der Waals surface area contributed by atoms with E-state index in [4.69, 9.17) is 0 Å². The molecule has 0 atom stereocenters. The molecule has 20 heavy (non-hydrogen) atoms. The molecular weight excluding hydrogens is 278 g/mol. The van der Waals surface area contributed by atoms with E-state index < -0.39 is 5.69 Å². The van der Waals surface area contributed by atoms with Gasteiger partial charge in [0.1, 0.15) is 5.03 Å². The Bertz CT molecular complexity index is 719. The number of aryl methyl sites for hydroxylation is 2. The first-order valence-corrected chi connectivity index (χ1v) is 7.14. The molecule has 0 aliphatic rings. The number of amides is 1. The molecule has 3 N–H and O–H groups in total. The van der Waals surface area contributed by atoms with Gasteiger partial charge in [-0.25, -0.2) is 4.79 Å². The fourth-order valence-electron chi connectivity index (χ4n) is 1.75. The molecule has 0 aromatic carbocycles. The Kier molecular flexibility index (Phi) is 3.93. The molecule has 0 radical (unpaired) electrons. The fraction of sp³-hybridized carbons (Fsp3) is 0.333. The van der Waals surface area contributed by atoms with E-state index in [1.807, 2.05) is 13.8 Å². The third-order valence-electron chi connectivity index (χ3n) is 2.99. The summed E-state index contributed by atoms with van der Waals surface area (Å²) in [5, 5.41) is 9.95. The maximum absolute atomic E-state index is 12.3. The number of carbonyl (C=O) groups excluding carboxylic acids is 1. The van der Waals surface area contributed by atoms with Crippen LogP contribution >= 0.6 is 11.8 Å². The van der Waals surface area contributed by atoms with Crippen LogP contribution in [0.3, 0.4) is 0 Å². The molecule has 1 amide bonds. The molecule has 0 fully saturated rings. The maximum Gasteiger partial charge on any atom is 0.346 e. The van der Waals surface area contributed by atoms with Crippen molar-refractivity contribution in [3.05, 3.63) is 33.0 Å². The molecule has 0 aliphatic heterocycles. The summed E-state index contributed by atoms with van der Waals surface area (Å²) in [6.45, 7) is 5.40. The van der Waals surface area contributed by atoms with Gasteiger partial charge in [-0.3, -0.25) is 9.89 Å². The van der Waals surface area contributed by atoms with Crippen molar-refractivity contribution in [1.29, 1.82) is 0 Å². The average molecular weight is 293 g/mol. The number of thioether (sulfide) groups is 1. The fourth-order valence-corrected chi connectivity index (χ4v) is 2.38. The summed E-state index contributed by atoms with van der Waals surface area (Å²) >= 11 is 1.25. The van der Waals surface area contributed by atoms with Crippen LogP contribution in [0.15, 0.2) is 9.82 Å². The van der Waals surface area contributed by atoms with E-state index in [1.165, 1.54) is 11.8 Å². The molecule has 2 heterocycles. The highest BCUT2D eigenvalue weighted by Gasteiger charge is 2.19. The largest absolute Gasteiger partial charge is 0.346 e. The summed E-state index contributed by atoms with van der Waals surface area (Å²) in [6.07, 6.45) is 1.77. The number of carbonyl (C=O) groups is 1. The summed E-state index contributed by atoms with van der Waals surface area (Å²) in [7, 11) is 0. The predicted molar refractivity (Wildman–Crippen MR) is 77.4 cm³/mol. The van der Waals surface area contributed by atoms with Crippen LogP contribution in [-0.4, -0.2) is 32.3 Å². The van der Waals surface area contributed by atoms with E-state index in [9.17, 15) is 9.59 Å². The van der Waals surface area contributed by atoms with Crippen LogP contribution < -0.4 is 11.0 Å². The number of H-pyrrole nitrogens is 2. The Labute approximate surface area is 119 Å². The average Bonchev–Trinajstić information content (AvgIpc) is 2.69. The Morgan fingerprint density at radius 1 is 1.25 bits per heavy atom. The summed E-state index contributed by atoms with van der Waals surface area (Å²) in [5.41, 5.74) is 2.14. The van der Waals surface area contributed by atoms with Crippen LogP contribution in [0, 0.1) is 20.8 Å². The first-order chi connectivity index (χ1) is 9.43. The molecule has 7 nitrogen and oxygen atoms in total. The number of aromatic nitrogens is 4. The highest BCUT2D eigenvalue weighted by atomic mass is 32.2. The lowest BCUT2D eigenvalue weighted by Gasteiger charge is -2.09. The normalized spacial score (nSPS) is 10.6. The van der Waals surface area contributed by atoms with Crippen molar-refractivity contribution in [3.8, 4) is 0 Å². The number of anilines is 1. The van der Waals surface area contributed by atoms with Crippen molar-refractivity contribution < 1.29 is 4.79 Å². The molecule has 2 aromatic rings. The predicted octanol–water partition coefficient (Wildman–Crippen LogP) is 1.39. The molecule has 0 saturated heterocycles. The molecule has 0 aliphatic carbocycles. The Morgan fingerprint density at radius 2 is 1.95 bits per heavy atom. The van der Waals surface area contributed by atoms with E-state index in [0.29, 0.717) is 22.1 Å². The van der Waals surface area contributed by atoms with Gasteiger partial charge >= 0.3 is 5.69 Å². The van der Waals surface area contributed by atoms with Gasteiger partial charge in [0.05, 0.1) is 5.56 Å². The summed E-state index contributed by atoms with van der Waals surface area (Å²) in [4.78, 5) is 30.0. The molecule has 0 saturated carbocycles. The quantitative estimate of drug-likeness (QED) is 0.586. The summed E-state index contributed by atoms with van der Waals surface area (Å²) in [5.74, 6) is 0.135. The zero-order chi connectivity index (χ0) is 14.9. The van der Waals surface area contributed by atoms with Crippen molar-refractivity contribution in [2.24, 2.45) is 0 Å². The number of hydrogen-bond acceptors (Lipinski definition) is 5. The van der Waals surface area contributed by atoms with Gasteiger partial charge in [-0.2, -0.15) is 10.1 Å². The summed E-state index contributed by atoms with van der Waals surface area (Å²) < 4.78 is 0. The second-order valence-electron chi connectivity index (χ2n) is 4.33. The topological polar surface area (TPSA) is 104 Å². The van der Waals surface area contributed by atoms with E-state index in [1.54, 1.807) is 13.2 Å². The zero-order valence-corrected chi connectivity index (χ0v) is 12.4. The maximum atomic E-state index is 12.3. The molecular formula is C12H15N5O2S. The first-order valence-electron chi connectivity index (χ1n) is 5.92. The van der Waals surface area contributed by atoms with Crippen LogP contribution in [0.1, 0.15) is 27.3 Å². The van der Waals surface area contributed by atoms with E-state index in [-0.39, 0.29) is 5.91 Å². The van der Waals surface area contributed by atoms with Gasteiger partial charge in [0.15, 0.2) is 5.82 Å². The molecule has 0 bridgehead atoms. The number of aromatic amines is 2. The minimum absolute atomic E-state index is 0.342. The Morgan fingerprint density at radius 3 is 2.50 bits per heavy atom. The Hall–Kier alpha value is -2.09. The second kappa shape index (κ2) is 5.49. The monoisotopic (exact) mass is 293 g/mol. The van der Waals surface area contributed by atoms with Gasteiger partial charge in [-0.15, -0.1) is 11.8 Å². The van der Waals surface area contributed by atoms with Crippen molar-refractivity contribution in [2.75, 3.05) is 11.6 Å². The number of hydrogen-bond donors (Lipinski definition) is 3. The number of nitrogens with zero attached hydrogens (tertiary/aromatic N) is 2. The van der Waals surface area contributed by atoms with Gasteiger partial charge < -0.3 is 10.3 Å². The lowest BCUT2D eigenvalue weighted by atomic mass is 10.2. The van der Waals surface area contributed by atoms with Gasteiger partial charge in [-0.1, -0.05) is 0 Å². The van der Waals surface area contributed by atoms with Gasteiger partial charge in [0.25, 0.3) is 5.91 Å². The van der Waals surface area contributed by atoms with Gasteiger partial charge in [0, 0.05) is 17.0 Å². The molecule has 2 rings (SSSR count). The van der Waals surface area contributed by atoms with Crippen LogP contribution in [0.25, 0.3) is 0 Å². The SMILES string of the molecule is CSc1nc(=O)[nH]c(C)c1C(=O)Nc1n[nH]c(C)c1C. The van der Waals surface area contributed by atoms with Crippen LogP contribution in [-0.2, 0) is 0 Å². The highest BCUT2D eigenvalue weighted by molar-refractivity contribution is 7.98. The van der Waals surface area contributed by atoms with Crippen molar-refractivity contribution in [1.82, 2.24) is 20.2 Å². The molecule has 106 valence electrons. The lowest BCUT2D eigenvalue weighted by molar-refractivity contribution is 0.102. The van der Waals surface area contributed by atoms with Crippen LogP contribution in [0.2, 0.25) is 0 Å². The van der Waals surface area contributed by atoms with Crippen molar-refractivity contribution >= 4 is 23.5 Å². The standard InChI is InChI=1S/C12H15N5O2S/c1-5-6(2)16-17-9(5)14-10(18)8-7(3)13-12(19)15-11(8)20-4/h1-4H3,(H,13,15,19)(H2,14,16,17,18). The first kappa shape index (κ1) is 14.3. The van der Waals surface area contributed by atoms with Gasteiger partial charge in [0.2, 0.25) is 0 Å². The van der Waals surface area contributed by atoms with Crippen molar-refractivity contribution in [3.63, 3.8) is 0 Å². The summed E-state index contributed by atoms with van der Waals surface area (Å²) in [6, 6.07) is 0. The molecule has 0 spiro atoms.